The number of nitrogens with zero attached hydrogens (tertiary/aromatic N) is 1. The van der Waals surface area contributed by atoms with Crippen LogP contribution in [0.3, 0.4) is 0 Å². The van der Waals surface area contributed by atoms with E-state index in [1.165, 1.54) is 0 Å². The molecule has 3 N–H and O–H groups in total. The molecule has 1 heterocycles. The smallest absolute Gasteiger partial charge is 0.0768 e. The minimum absolute atomic E-state index is 0.296. The summed E-state index contributed by atoms with van der Waals surface area (Å²) in [7, 11) is 0. The Morgan fingerprint density at radius 1 is 1.62 bits per heavy atom. The highest BCUT2D eigenvalue weighted by atomic mass is 16.3. The van der Waals surface area contributed by atoms with Crippen LogP contribution in [0.5, 0.6) is 0 Å². The summed E-state index contributed by atoms with van der Waals surface area (Å²) in [6.45, 7) is 8.72. The SMILES string of the molecule is CC(C)C(C)(O)CN1CCC(N)C1. The van der Waals surface area contributed by atoms with E-state index in [1.807, 2.05) is 6.92 Å². The first-order chi connectivity index (χ1) is 5.92. The number of rotatable bonds is 3. The molecule has 3 nitrogen and oxygen atoms in total. The molecule has 3 heteroatoms. The van der Waals surface area contributed by atoms with Gasteiger partial charge in [-0.25, -0.2) is 0 Å². The molecule has 0 aromatic rings. The first kappa shape index (κ1) is 11.0. The number of hydrogen-bond acceptors (Lipinski definition) is 3. The average Bonchev–Trinajstić information content (AvgIpc) is 2.34. The van der Waals surface area contributed by atoms with E-state index < -0.39 is 5.60 Å². The van der Waals surface area contributed by atoms with Gasteiger partial charge in [0, 0.05) is 19.1 Å². The summed E-state index contributed by atoms with van der Waals surface area (Å²) in [5.41, 5.74) is 5.22. The largest absolute Gasteiger partial charge is 0.389 e. The fourth-order valence-electron chi connectivity index (χ4n) is 1.64. The van der Waals surface area contributed by atoms with Gasteiger partial charge in [-0.05, 0) is 25.8 Å². The van der Waals surface area contributed by atoms with Crippen LogP contribution in [0.25, 0.3) is 0 Å². The van der Waals surface area contributed by atoms with Crippen molar-refractivity contribution >= 4 is 0 Å². The lowest BCUT2D eigenvalue weighted by Crippen LogP contribution is -2.44. The van der Waals surface area contributed by atoms with E-state index in [2.05, 4.69) is 18.7 Å². The van der Waals surface area contributed by atoms with Gasteiger partial charge in [0.05, 0.1) is 5.60 Å². The molecule has 1 aliphatic heterocycles. The Morgan fingerprint density at radius 2 is 2.23 bits per heavy atom. The zero-order chi connectivity index (χ0) is 10.1. The Kier molecular flexibility index (Phi) is 3.33. The summed E-state index contributed by atoms with van der Waals surface area (Å²) in [6.07, 6.45) is 1.06. The van der Waals surface area contributed by atoms with E-state index in [4.69, 9.17) is 5.73 Å². The van der Waals surface area contributed by atoms with Crippen molar-refractivity contribution in [2.24, 2.45) is 11.7 Å². The molecule has 2 unspecified atom stereocenters. The standard InChI is InChI=1S/C10H22N2O/c1-8(2)10(3,13)7-12-5-4-9(11)6-12/h8-9,13H,4-7,11H2,1-3H3. The quantitative estimate of drug-likeness (QED) is 0.672. The Balaban J connectivity index is 2.40. The zero-order valence-corrected chi connectivity index (χ0v) is 8.95. The maximum Gasteiger partial charge on any atom is 0.0768 e. The maximum atomic E-state index is 10.1. The summed E-state index contributed by atoms with van der Waals surface area (Å²) < 4.78 is 0. The molecule has 1 aliphatic rings. The molecule has 13 heavy (non-hydrogen) atoms. The molecule has 0 spiro atoms. The van der Waals surface area contributed by atoms with Crippen LogP contribution in [0.15, 0.2) is 0 Å². The summed E-state index contributed by atoms with van der Waals surface area (Å²) >= 11 is 0. The van der Waals surface area contributed by atoms with Crippen LogP contribution in [0.4, 0.5) is 0 Å². The molecule has 0 aromatic heterocycles. The molecular weight excluding hydrogens is 164 g/mol. The minimum Gasteiger partial charge on any atom is -0.389 e. The van der Waals surface area contributed by atoms with Gasteiger partial charge in [0.25, 0.3) is 0 Å². The van der Waals surface area contributed by atoms with Crippen LogP contribution >= 0.6 is 0 Å². The summed E-state index contributed by atoms with van der Waals surface area (Å²) in [5.74, 6) is 0.296. The number of aliphatic hydroxyl groups is 1. The summed E-state index contributed by atoms with van der Waals surface area (Å²) in [6, 6.07) is 0.308. The Bertz CT molecular complexity index is 168. The lowest BCUT2D eigenvalue weighted by atomic mass is 9.92. The van der Waals surface area contributed by atoms with Crippen LogP contribution in [-0.4, -0.2) is 41.3 Å². The third-order valence-corrected chi connectivity index (χ3v) is 3.10. The van der Waals surface area contributed by atoms with E-state index >= 15 is 0 Å². The molecule has 0 amide bonds. The van der Waals surface area contributed by atoms with Crippen LogP contribution in [0, 0.1) is 5.92 Å². The Morgan fingerprint density at radius 3 is 2.62 bits per heavy atom. The lowest BCUT2D eigenvalue weighted by Gasteiger charge is -2.32. The van der Waals surface area contributed by atoms with Gasteiger partial charge in [0.2, 0.25) is 0 Å². The second kappa shape index (κ2) is 3.95. The van der Waals surface area contributed by atoms with Crippen molar-refractivity contribution in [3.63, 3.8) is 0 Å². The second-order valence-corrected chi connectivity index (χ2v) is 4.80. The predicted molar refractivity (Wildman–Crippen MR) is 54.5 cm³/mol. The zero-order valence-electron chi connectivity index (χ0n) is 8.95. The van der Waals surface area contributed by atoms with Crippen molar-refractivity contribution in [2.75, 3.05) is 19.6 Å². The molecule has 1 fully saturated rings. The Hall–Kier alpha value is -0.120. The van der Waals surface area contributed by atoms with Gasteiger partial charge < -0.3 is 10.8 Å². The lowest BCUT2D eigenvalue weighted by molar-refractivity contribution is -0.0138. The first-order valence-corrected chi connectivity index (χ1v) is 5.12. The van der Waals surface area contributed by atoms with Gasteiger partial charge in [-0.1, -0.05) is 13.8 Å². The number of hydrogen-bond donors (Lipinski definition) is 2. The molecule has 78 valence electrons. The first-order valence-electron chi connectivity index (χ1n) is 5.12. The van der Waals surface area contributed by atoms with Crippen LogP contribution in [0.1, 0.15) is 27.2 Å². The average molecular weight is 186 g/mol. The molecule has 0 aliphatic carbocycles. The van der Waals surface area contributed by atoms with Gasteiger partial charge in [-0.2, -0.15) is 0 Å². The van der Waals surface area contributed by atoms with Crippen molar-refractivity contribution < 1.29 is 5.11 Å². The third kappa shape index (κ3) is 2.93. The number of nitrogens with two attached hydrogens (primary N) is 1. The molecule has 0 aromatic carbocycles. The highest BCUT2D eigenvalue weighted by molar-refractivity contribution is 4.86. The van der Waals surface area contributed by atoms with Gasteiger partial charge >= 0.3 is 0 Å². The fourth-order valence-corrected chi connectivity index (χ4v) is 1.64. The highest BCUT2D eigenvalue weighted by Crippen LogP contribution is 2.19. The van der Waals surface area contributed by atoms with Crippen LogP contribution < -0.4 is 5.73 Å². The molecule has 2 atom stereocenters. The van der Waals surface area contributed by atoms with Crippen molar-refractivity contribution in [1.82, 2.24) is 4.90 Å². The van der Waals surface area contributed by atoms with Gasteiger partial charge in [-0.15, -0.1) is 0 Å². The van der Waals surface area contributed by atoms with Crippen molar-refractivity contribution in [2.45, 2.75) is 38.8 Å². The molecule has 0 radical (unpaired) electrons. The van der Waals surface area contributed by atoms with Gasteiger partial charge in [0.15, 0.2) is 0 Å². The monoisotopic (exact) mass is 186 g/mol. The van der Waals surface area contributed by atoms with E-state index in [9.17, 15) is 5.11 Å². The van der Waals surface area contributed by atoms with Crippen LogP contribution in [0.2, 0.25) is 0 Å². The van der Waals surface area contributed by atoms with Gasteiger partial charge in [0.1, 0.15) is 0 Å². The highest BCUT2D eigenvalue weighted by Gasteiger charge is 2.30. The van der Waals surface area contributed by atoms with E-state index in [0.29, 0.717) is 12.0 Å². The third-order valence-electron chi connectivity index (χ3n) is 3.10. The van der Waals surface area contributed by atoms with Crippen molar-refractivity contribution in [3.8, 4) is 0 Å². The van der Waals surface area contributed by atoms with E-state index in [-0.39, 0.29) is 0 Å². The van der Waals surface area contributed by atoms with Crippen molar-refractivity contribution in [3.05, 3.63) is 0 Å². The minimum atomic E-state index is -0.579. The topological polar surface area (TPSA) is 49.5 Å². The van der Waals surface area contributed by atoms with E-state index in [0.717, 1.165) is 26.1 Å². The Labute approximate surface area is 80.9 Å². The fraction of sp³-hybridized carbons (Fsp3) is 1.00. The molecule has 0 bridgehead atoms. The molecular formula is C10H22N2O. The summed E-state index contributed by atoms with van der Waals surface area (Å²) in [5, 5.41) is 10.1. The van der Waals surface area contributed by atoms with Crippen molar-refractivity contribution in [1.29, 1.82) is 0 Å². The molecule has 1 saturated heterocycles. The maximum absolute atomic E-state index is 10.1. The predicted octanol–water partition coefficient (Wildman–Crippen LogP) is 0.426. The van der Waals surface area contributed by atoms with Crippen LogP contribution in [-0.2, 0) is 0 Å². The summed E-state index contributed by atoms with van der Waals surface area (Å²) in [4.78, 5) is 2.25. The van der Waals surface area contributed by atoms with Gasteiger partial charge in [-0.3, -0.25) is 4.90 Å². The number of likely N-dealkylation sites (tertiary alicyclic amines) is 1. The molecule has 1 rings (SSSR count). The van der Waals surface area contributed by atoms with E-state index in [1.54, 1.807) is 0 Å². The second-order valence-electron chi connectivity index (χ2n) is 4.80. The number of β-amino-alcohol motifs (C(OH)–C–C–N with tert-alkyl or cyclic N) is 1. The normalized spacial score (nSPS) is 29.5. The molecule has 0 saturated carbocycles.